The van der Waals surface area contributed by atoms with Crippen molar-refractivity contribution in [2.45, 2.75) is 32.1 Å². The smallest absolute Gasteiger partial charge is 0.160 e. The van der Waals surface area contributed by atoms with E-state index < -0.39 is 0 Å². The highest BCUT2D eigenvalue weighted by Crippen LogP contribution is 2.41. The predicted octanol–water partition coefficient (Wildman–Crippen LogP) is 12.5. The first-order chi connectivity index (χ1) is 25.2. The number of fused-ring (bicyclic) bond motifs is 7. The number of benzene rings is 6. The van der Waals surface area contributed by atoms with E-state index in [1.54, 1.807) is 0 Å². The number of allylic oxidation sites excluding steroid dienone is 2. The summed E-state index contributed by atoms with van der Waals surface area (Å²) in [5.41, 5.74) is 12.5. The minimum absolute atomic E-state index is 0.426. The largest absolute Gasteiger partial charge is 0.256 e. The molecule has 2 aromatic heterocycles. The Morgan fingerprint density at radius 1 is 0.588 bits per heavy atom. The first-order valence-corrected chi connectivity index (χ1v) is 18.0. The van der Waals surface area contributed by atoms with Crippen LogP contribution in [0.5, 0.6) is 0 Å². The molecule has 0 saturated carbocycles. The first kappa shape index (κ1) is 29.7. The maximum atomic E-state index is 5.37. The molecule has 0 spiro atoms. The second-order valence-corrected chi connectivity index (χ2v) is 13.9. The van der Waals surface area contributed by atoms with Crippen molar-refractivity contribution >= 4 is 44.5 Å². The summed E-state index contributed by atoms with van der Waals surface area (Å²) >= 11 is 0. The van der Waals surface area contributed by atoms with Crippen LogP contribution in [0.25, 0.3) is 89.6 Å². The summed E-state index contributed by atoms with van der Waals surface area (Å²) in [6.07, 6.45) is 14.1. The number of nitrogens with zero attached hydrogens (tertiary/aromatic N) is 3. The molecule has 0 N–H and O–H groups in total. The highest BCUT2D eigenvalue weighted by Gasteiger charge is 2.21. The van der Waals surface area contributed by atoms with Crippen LogP contribution >= 0.6 is 0 Å². The van der Waals surface area contributed by atoms with Gasteiger partial charge >= 0.3 is 0 Å². The Labute approximate surface area is 297 Å². The van der Waals surface area contributed by atoms with Gasteiger partial charge in [-0.3, -0.25) is 4.98 Å². The first-order valence-electron chi connectivity index (χ1n) is 18.0. The lowest BCUT2D eigenvalue weighted by Gasteiger charge is -2.21. The minimum Gasteiger partial charge on any atom is -0.256 e. The SMILES string of the molecule is CC1CC=Cc2ccnc(-c3ccc(-c4nc(-c5cc6ccccc6c6c5C=CCC6)cc(-c5cc6ccccc6c6ccccc56)n4)cc3)c21. The maximum absolute atomic E-state index is 5.37. The van der Waals surface area contributed by atoms with Gasteiger partial charge in [0.1, 0.15) is 0 Å². The summed E-state index contributed by atoms with van der Waals surface area (Å²) in [5, 5.41) is 7.43. The molecule has 2 aliphatic rings. The zero-order valence-corrected chi connectivity index (χ0v) is 28.5. The summed E-state index contributed by atoms with van der Waals surface area (Å²) in [4.78, 5) is 15.6. The Kier molecular flexibility index (Phi) is 6.99. The van der Waals surface area contributed by atoms with E-state index in [1.807, 2.05) is 6.20 Å². The van der Waals surface area contributed by atoms with Crippen molar-refractivity contribution in [3.8, 4) is 45.2 Å². The van der Waals surface area contributed by atoms with Gasteiger partial charge < -0.3 is 0 Å². The van der Waals surface area contributed by atoms with Crippen LogP contribution in [0, 0.1) is 0 Å². The maximum Gasteiger partial charge on any atom is 0.160 e. The van der Waals surface area contributed by atoms with Gasteiger partial charge in [0.05, 0.1) is 17.1 Å². The standard InChI is InChI=1S/C48H35N3/c1-30-11-10-14-31-25-26-49-47(46(30)31)32-21-23-33(24-22-32)48-50-44(42-27-34-12-2-4-15-36(34)38-17-6-8-19-40(38)42)29-45(51-48)43-28-35-13-3-5-16-37(35)39-18-7-9-20-41(39)43/h2-6,8-10,12-17,19-30H,7,11,18H2,1H3. The molecule has 0 saturated heterocycles. The monoisotopic (exact) mass is 653 g/mol. The molecule has 0 aliphatic heterocycles. The van der Waals surface area contributed by atoms with Crippen molar-refractivity contribution < 1.29 is 0 Å². The van der Waals surface area contributed by atoms with Crippen LogP contribution in [0.3, 0.4) is 0 Å². The minimum atomic E-state index is 0.426. The summed E-state index contributed by atoms with van der Waals surface area (Å²) < 4.78 is 0. The summed E-state index contributed by atoms with van der Waals surface area (Å²) in [5.74, 6) is 1.14. The molecular formula is C48H35N3. The number of hydrogen-bond donors (Lipinski definition) is 0. The topological polar surface area (TPSA) is 38.7 Å². The zero-order valence-electron chi connectivity index (χ0n) is 28.5. The van der Waals surface area contributed by atoms with Gasteiger partial charge in [-0.1, -0.05) is 128 Å². The quantitative estimate of drug-likeness (QED) is 0.177. The van der Waals surface area contributed by atoms with E-state index >= 15 is 0 Å². The van der Waals surface area contributed by atoms with Crippen LogP contribution < -0.4 is 0 Å². The molecule has 51 heavy (non-hydrogen) atoms. The van der Waals surface area contributed by atoms with E-state index in [9.17, 15) is 0 Å². The van der Waals surface area contributed by atoms with Gasteiger partial charge in [-0.25, -0.2) is 9.97 Å². The lowest BCUT2D eigenvalue weighted by Crippen LogP contribution is -2.04. The van der Waals surface area contributed by atoms with Gasteiger partial charge in [0.25, 0.3) is 0 Å². The van der Waals surface area contributed by atoms with E-state index in [2.05, 4.69) is 153 Å². The van der Waals surface area contributed by atoms with Crippen molar-refractivity contribution in [3.63, 3.8) is 0 Å². The number of aryl methyl sites for hydroxylation is 1. The van der Waals surface area contributed by atoms with Crippen molar-refractivity contribution in [2.75, 3.05) is 0 Å². The molecule has 6 aromatic carbocycles. The third kappa shape index (κ3) is 5.00. The van der Waals surface area contributed by atoms with Crippen LogP contribution in [0.4, 0.5) is 0 Å². The fourth-order valence-electron chi connectivity index (χ4n) is 8.33. The lowest BCUT2D eigenvalue weighted by atomic mass is 9.85. The van der Waals surface area contributed by atoms with Gasteiger partial charge in [0.15, 0.2) is 5.82 Å². The van der Waals surface area contributed by atoms with E-state index in [1.165, 1.54) is 54.6 Å². The van der Waals surface area contributed by atoms with Crippen molar-refractivity contribution in [1.29, 1.82) is 0 Å². The molecule has 242 valence electrons. The van der Waals surface area contributed by atoms with Gasteiger partial charge in [0, 0.05) is 28.5 Å². The number of aromatic nitrogens is 3. The summed E-state index contributed by atoms with van der Waals surface area (Å²) in [6.45, 7) is 2.29. The average Bonchev–Trinajstić information content (AvgIpc) is 3.20. The highest BCUT2D eigenvalue weighted by molar-refractivity contribution is 6.13. The Hall–Kier alpha value is -6.19. The Morgan fingerprint density at radius 3 is 2.08 bits per heavy atom. The Bertz CT molecular complexity index is 2740. The second-order valence-electron chi connectivity index (χ2n) is 13.9. The van der Waals surface area contributed by atoms with Crippen molar-refractivity contribution in [1.82, 2.24) is 15.0 Å². The van der Waals surface area contributed by atoms with Gasteiger partial charge in [-0.2, -0.15) is 0 Å². The third-order valence-corrected chi connectivity index (χ3v) is 10.8. The Morgan fingerprint density at radius 2 is 1.25 bits per heavy atom. The second kappa shape index (κ2) is 12.0. The van der Waals surface area contributed by atoms with Gasteiger partial charge in [0.2, 0.25) is 0 Å². The van der Waals surface area contributed by atoms with E-state index in [-0.39, 0.29) is 0 Å². The van der Waals surface area contributed by atoms with E-state index in [4.69, 9.17) is 15.0 Å². The van der Waals surface area contributed by atoms with Crippen LogP contribution in [-0.4, -0.2) is 15.0 Å². The van der Waals surface area contributed by atoms with Gasteiger partial charge in [-0.15, -0.1) is 0 Å². The fourth-order valence-corrected chi connectivity index (χ4v) is 8.33. The molecule has 0 bridgehead atoms. The normalized spacial score (nSPS) is 15.0. The van der Waals surface area contributed by atoms with Crippen LogP contribution in [0.1, 0.15) is 47.9 Å². The van der Waals surface area contributed by atoms with Crippen molar-refractivity contribution in [2.24, 2.45) is 0 Å². The number of pyridine rings is 1. The van der Waals surface area contributed by atoms with E-state index in [0.29, 0.717) is 11.7 Å². The molecule has 0 amide bonds. The fraction of sp³-hybridized carbons (Fsp3) is 0.104. The number of rotatable bonds is 4. The Balaban J connectivity index is 1.20. The highest BCUT2D eigenvalue weighted by atomic mass is 14.9. The van der Waals surface area contributed by atoms with Gasteiger partial charge in [-0.05, 0) is 104 Å². The third-order valence-electron chi connectivity index (χ3n) is 10.8. The molecule has 2 heterocycles. The number of hydrogen-bond acceptors (Lipinski definition) is 3. The van der Waals surface area contributed by atoms with Crippen molar-refractivity contribution in [3.05, 3.63) is 162 Å². The molecule has 2 aliphatic carbocycles. The van der Waals surface area contributed by atoms with E-state index in [0.717, 1.165) is 58.6 Å². The molecule has 1 atom stereocenters. The molecule has 0 radical (unpaired) electrons. The van der Waals surface area contributed by atoms with Crippen LogP contribution in [-0.2, 0) is 6.42 Å². The molecule has 3 nitrogen and oxygen atoms in total. The zero-order chi connectivity index (χ0) is 33.9. The molecule has 0 fully saturated rings. The van der Waals surface area contributed by atoms with Crippen LogP contribution in [0.2, 0.25) is 0 Å². The molecular weight excluding hydrogens is 619 g/mol. The predicted molar refractivity (Wildman–Crippen MR) is 214 cm³/mol. The molecule has 8 aromatic rings. The summed E-state index contributed by atoms with van der Waals surface area (Å²) in [7, 11) is 0. The molecule has 10 rings (SSSR count). The molecule has 1 unspecified atom stereocenters. The molecule has 3 heteroatoms. The van der Waals surface area contributed by atoms with Crippen LogP contribution in [0.15, 0.2) is 140 Å². The lowest BCUT2D eigenvalue weighted by molar-refractivity contribution is 0.769. The summed E-state index contributed by atoms with van der Waals surface area (Å²) in [6, 6.07) is 43.7. The average molecular weight is 654 g/mol.